The minimum atomic E-state index is -0.441. The van der Waals surface area contributed by atoms with Gasteiger partial charge in [-0.3, -0.25) is 4.98 Å². The average molecular weight is 279 g/mol. The van der Waals surface area contributed by atoms with Crippen LogP contribution in [0.5, 0.6) is 0 Å². The molecule has 1 rings (SSSR count). The molecule has 0 aliphatic carbocycles. The second-order valence-corrected chi connectivity index (χ2v) is 5.79. The minimum absolute atomic E-state index is 0.273. The van der Waals surface area contributed by atoms with Gasteiger partial charge in [0.2, 0.25) is 0 Å². The second kappa shape index (κ2) is 7.85. The van der Waals surface area contributed by atoms with Crippen molar-refractivity contribution in [2.24, 2.45) is 0 Å². The summed E-state index contributed by atoms with van der Waals surface area (Å²) < 4.78 is 5.28. The lowest BCUT2D eigenvalue weighted by molar-refractivity contribution is 0.0297. The SMILES string of the molecule is CN(CCCNCc1cccnc1)C(=O)OC(C)(C)C. The van der Waals surface area contributed by atoms with E-state index >= 15 is 0 Å². The Labute approximate surface area is 121 Å². The summed E-state index contributed by atoms with van der Waals surface area (Å²) in [5.74, 6) is 0. The number of nitrogens with one attached hydrogen (secondary N) is 1. The average Bonchev–Trinajstić information content (AvgIpc) is 2.37. The standard InChI is InChI=1S/C15H25N3O2/c1-15(2,3)20-14(19)18(4)10-6-9-17-12-13-7-5-8-16-11-13/h5,7-8,11,17H,6,9-10,12H2,1-4H3. The van der Waals surface area contributed by atoms with Crippen LogP contribution in [0, 0.1) is 0 Å². The van der Waals surface area contributed by atoms with Crippen LogP contribution in [-0.2, 0) is 11.3 Å². The fourth-order valence-corrected chi connectivity index (χ4v) is 1.61. The summed E-state index contributed by atoms with van der Waals surface area (Å²) in [6.45, 7) is 7.93. The largest absolute Gasteiger partial charge is 0.444 e. The lowest BCUT2D eigenvalue weighted by Gasteiger charge is -2.24. The third kappa shape index (κ3) is 7.09. The van der Waals surface area contributed by atoms with E-state index in [2.05, 4.69) is 10.3 Å². The zero-order valence-electron chi connectivity index (χ0n) is 12.8. The molecule has 0 bridgehead atoms. The first-order valence-corrected chi connectivity index (χ1v) is 6.92. The number of rotatable bonds is 6. The zero-order valence-corrected chi connectivity index (χ0v) is 12.8. The molecule has 5 nitrogen and oxygen atoms in total. The highest BCUT2D eigenvalue weighted by molar-refractivity contribution is 5.67. The smallest absolute Gasteiger partial charge is 0.410 e. The first-order valence-electron chi connectivity index (χ1n) is 6.92. The van der Waals surface area contributed by atoms with Crippen molar-refractivity contribution >= 4 is 6.09 Å². The van der Waals surface area contributed by atoms with Gasteiger partial charge in [-0.05, 0) is 45.4 Å². The lowest BCUT2D eigenvalue weighted by Crippen LogP contribution is -2.35. The van der Waals surface area contributed by atoms with Crippen LogP contribution in [0.1, 0.15) is 32.8 Å². The summed E-state index contributed by atoms with van der Waals surface area (Å²) in [7, 11) is 1.76. The molecule has 0 radical (unpaired) electrons. The van der Waals surface area contributed by atoms with Crippen LogP contribution in [0.25, 0.3) is 0 Å². The van der Waals surface area contributed by atoms with Crippen LogP contribution in [-0.4, -0.2) is 41.7 Å². The van der Waals surface area contributed by atoms with Crippen molar-refractivity contribution in [3.05, 3.63) is 30.1 Å². The van der Waals surface area contributed by atoms with E-state index in [0.717, 1.165) is 25.1 Å². The van der Waals surface area contributed by atoms with Gasteiger partial charge >= 0.3 is 6.09 Å². The van der Waals surface area contributed by atoms with E-state index in [4.69, 9.17) is 4.74 Å². The third-order valence-corrected chi connectivity index (χ3v) is 2.60. The van der Waals surface area contributed by atoms with Crippen LogP contribution in [0.15, 0.2) is 24.5 Å². The number of aromatic nitrogens is 1. The summed E-state index contributed by atoms with van der Waals surface area (Å²) in [6, 6.07) is 3.96. The van der Waals surface area contributed by atoms with Gasteiger partial charge < -0.3 is 15.0 Å². The van der Waals surface area contributed by atoms with E-state index in [-0.39, 0.29) is 6.09 Å². The van der Waals surface area contributed by atoms with Crippen molar-refractivity contribution in [3.8, 4) is 0 Å². The van der Waals surface area contributed by atoms with Crippen molar-refractivity contribution in [1.29, 1.82) is 0 Å². The summed E-state index contributed by atoms with van der Waals surface area (Å²) in [4.78, 5) is 17.4. The molecule has 0 aliphatic heterocycles. The molecule has 1 heterocycles. The summed E-state index contributed by atoms with van der Waals surface area (Å²) >= 11 is 0. The molecule has 0 atom stereocenters. The number of carbonyl (C=O) groups excluding carboxylic acids is 1. The molecule has 1 N–H and O–H groups in total. The highest BCUT2D eigenvalue weighted by Gasteiger charge is 2.18. The molecule has 0 aliphatic rings. The molecular formula is C15H25N3O2. The van der Waals surface area contributed by atoms with Crippen LogP contribution in [0.3, 0.4) is 0 Å². The van der Waals surface area contributed by atoms with Gasteiger partial charge in [-0.15, -0.1) is 0 Å². The first-order chi connectivity index (χ1) is 9.38. The Kier molecular flexibility index (Phi) is 6.45. The molecule has 0 spiro atoms. The molecule has 1 aromatic heterocycles. The van der Waals surface area contributed by atoms with E-state index in [9.17, 15) is 4.79 Å². The molecule has 0 saturated heterocycles. The van der Waals surface area contributed by atoms with E-state index in [1.54, 1.807) is 18.1 Å². The molecular weight excluding hydrogens is 254 g/mol. The van der Waals surface area contributed by atoms with Crippen molar-refractivity contribution in [2.45, 2.75) is 39.3 Å². The summed E-state index contributed by atoms with van der Waals surface area (Å²) in [5.41, 5.74) is 0.720. The maximum Gasteiger partial charge on any atom is 0.410 e. The number of carbonyl (C=O) groups is 1. The van der Waals surface area contributed by atoms with Gasteiger partial charge in [0.1, 0.15) is 5.60 Å². The fraction of sp³-hybridized carbons (Fsp3) is 0.600. The molecule has 0 fully saturated rings. The number of nitrogens with zero attached hydrogens (tertiary/aromatic N) is 2. The molecule has 112 valence electrons. The van der Waals surface area contributed by atoms with E-state index in [1.807, 2.05) is 39.1 Å². The van der Waals surface area contributed by atoms with Crippen molar-refractivity contribution in [2.75, 3.05) is 20.1 Å². The van der Waals surface area contributed by atoms with Crippen molar-refractivity contribution in [3.63, 3.8) is 0 Å². The Balaban J connectivity index is 2.13. The molecule has 1 aromatic rings. The van der Waals surface area contributed by atoms with Gasteiger partial charge in [-0.25, -0.2) is 4.79 Å². The monoisotopic (exact) mass is 279 g/mol. The molecule has 0 unspecified atom stereocenters. The number of amides is 1. The summed E-state index contributed by atoms with van der Waals surface area (Å²) in [6.07, 6.45) is 4.22. The Hall–Kier alpha value is -1.62. The van der Waals surface area contributed by atoms with Crippen LogP contribution in [0.2, 0.25) is 0 Å². The number of hydrogen-bond acceptors (Lipinski definition) is 4. The number of pyridine rings is 1. The highest BCUT2D eigenvalue weighted by Crippen LogP contribution is 2.09. The van der Waals surface area contributed by atoms with E-state index in [0.29, 0.717) is 6.54 Å². The maximum absolute atomic E-state index is 11.7. The van der Waals surface area contributed by atoms with Crippen molar-refractivity contribution in [1.82, 2.24) is 15.2 Å². The highest BCUT2D eigenvalue weighted by atomic mass is 16.6. The van der Waals surface area contributed by atoms with Crippen LogP contribution < -0.4 is 5.32 Å². The Morgan fingerprint density at radius 2 is 2.20 bits per heavy atom. The maximum atomic E-state index is 11.7. The Bertz CT molecular complexity index is 401. The molecule has 1 amide bonds. The number of hydrogen-bond donors (Lipinski definition) is 1. The van der Waals surface area contributed by atoms with Gasteiger partial charge in [0, 0.05) is 32.5 Å². The third-order valence-electron chi connectivity index (χ3n) is 2.60. The van der Waals surface area contributed by atoms with Gasteiger partial charge in [-0.1, -0.05) is 6.07 Å². The molecule has 0 aromatic carbocycles. The minimum Gasteiger partial charge on any atom is -0.444 e. The predicted octanol–water partition coefficient (Wildman–Crippen LogP) is 2.43. The van der Waals surface area contributed by atoms with Gasteiger partial charge in [0.15, 0.2) is 0 Å². The van der Waals surface area contributed by atoms with Gasteiger partial charge in [-0.2, -0.15) is 0 Å². The molecule has 0 saturated carbocycles. The first kappa shape index (κ1) is 16.4. The van der Waals surface area contributed by atoms with E-state index < -0.39 is 5.60 Å². The normalized spacial score (nSPS) is 11.2. The lowest BCUT2D eigenvalue weighted by atomic mass is 10.2. The zero-order chi connectivity index (χ0) is 15.0. The fourth-order valence-electron chi connectivity index (χ4n) is 1.61. The number of ether oxygens (including phenoxy) is 1. The quantitative estimate of drug-likeness (QED) is 0.813. The van der Waals surface area contributed by atoms with Crippen LogP contribution in [0.4, 0.5) is 4.79 Å². The van der Waals surface area contributed by atoms with Crippen molar-refractivity contribution < 1.29 is 9.53 Å². The Morgan fingerprint density at radius 1 is 1.45 bits per heavy atom. The molecule has 20 heavy (non-hydrogen) atoms. The molecule has 5 heteroatoms. The predicted molar refractivity (Wildman–Crippen MR) is 79.4 cm³/mol. The van der Waals surface area contributed by atoms with Crippen LogP contribution >= 0.6 is 0 Å². The summed E-state index contributed by atoms with van der Waals surface area (Å²) in [5, 5.41) is 3.33. The van der Waals surface area contributed by atoms with Gasteiger partial charge in [0.25, 0.3) is 0 Å². The Morgan fingerprint density at radius 3 is 2.80 bits per heavy atom. The second-order valence-electron chi connectivity index (χ2n) is 5.79. The van der Waals surface area contributed by atoms with E-state index in [1.165, 1.54) is 0 Å². The topological polar surface area (TPSA) is 54.5 Å². The van der Waals surface area contributed by atoms with Gasteiger partial charge in [0.05, 0.1) is 0 Å².